The first kappa shape index (κ1) is 26.3. The summed E-state index contributed by atoms with van der Waals surface area (Å²) in [6, 6.07) is 12.7. The van der Waals surface area contributed by atoms with Gasteiger partial charge in [-0.05, 0) is 68.5 Å². The van der Waals surface area contributed by atoms with Crippen molar-refractivity contribution in [2.45, 2.75) is 63.3 Å². The van der Waals surface area contributed by atoms with Crippen LogP contribution in [0.25, 0.3) is 0 Å². The summed E-state index contributed by atoms with van der Waals surface area (Å²) in [4.78, 5) is 54.8. The third-order valence-corrected chi connectivity index (χ3v) is 8.68. The minimum atomic E-state index is -0.606. The predicted molar refractivity (Wildman–Crippen MR) is 149 cm³/mol. The number of nitrogens with one attached hydrogen (secondary N) is 1. The third-order valence-electron chi connectivity index (χ3n) is 8.68. The van der Waals surface area contributed by atoms with E-state index in [0.717, 1.165) is 68.8 Å². The molecule has 6 rings (SSSR count). The number of piperidine rings is 3. The lowest BCUT2D eigenvalue weighted by atomic mass is 10.0. The summed E-state index contributed by atoms with van der Waals surface area (Å²) in [7, 11) is 0. The number of carbonyl (C=O) groups excluding carboxylic acids is 4. The summed E-state index contributed by atoms with van der Waals surface area (Å²) >= 11 is 0. The molecule has 10 heteroatoms. The Bertz CT molecular complexity index is 1310. The molecule has 0 saturated carbocycles. The molecule has 3 saturated heterocycles. The van der Waals surface area contributed by atoms with Crippen molar-refractivity contribution in [2.75, 3.05) is 36.0 Å². The number of anilines is 2. The molecule has 2 aromatic rings. The molecule has 10 nitrogen and oxygen atoms in total. The second kappa shape index (κ2) is 10.9. The van der Waals surface area contributed by atoms with Gasteiger partial charge in [-0.1, -0.05) is 6.07 Å². The summed E-state index contributed by atoms with van der Waals surface area (Å²) in [6.07, 6.45) is 4.82. The first-order valence-electron chi connectivity index (χ1n) is 14.2. The van der Waals surface area contributed by atoms with Crippen LogP contribution in [0, 0.1) is 0 Å². The molecule has 0 radical (unpaired) electrons. The van der Waals surface area contributed by atoms with E-state index in [2.05, 4.69) is 21.2 Å². The first-order valence-corrected chi connectivity index (χ1v) is 14.2. The number of carbonyl (C=O) groups is 4. The summed E-state index contributed by atoms with van der Waals surface area (Å²) in [5, 5.41) is 2.37. The zero-order valence-corrected chi connectivity index (χ0v) is 22.5. The van der Waals surface area contributed by atoms with Crippen LogP contribution < -0.4 is 20.9 Å². The molecule has 3 fully saturated rings. The maximum absolute atomic E-state index is 13.2. The Labute approximate surface area is 233 Å². The SMILES string of the molecule is NC(=O)c1ccc(N2CCC(OC3CCN(c4cccc5c4CN(C4CCC(=O)NC4=O)C5=O)CC3)CC2)cc1. The molecule has 1 atom stereocenters. The normalized spacial score (nSPS) is 22.4. The topological polar surface area (TPSA) is 125 Å². The highest BCUT2D eigenvalue weighted by Gasteiger charge is 2.40. The molecule has 210 valence electrons. The number of hydrogen-bond donors (Lipinski definition) is 2. The molecule has 1 unspecified atom stereocenters. The number of nitrogens with zero attached hydrogens (tertiary/aromatic N) is 3. The highest BCUT2D eigenvalue weighted by molar-refractivity contribution is 6.06. The van der Waals surface area contributed by atoms with Gasteiger partial charge in [-0.15, -0.1) is 0 Å². The molecule has 4 amide bonds. The van der Waals surface area contributed by atoms with Gasteiger partial charge in [0, 0.05) is 67.2 Å². The lowest BCUT2D eigenvalue weighted by molar-refractivity contribution is -0.136. The largest absolute Gasteiger partial charge is 0.375 e. The molecule has 40 heavy (non-hydrogen) atoms. The van der Waals surface area contributed by atoms with Gasteiger partial charge in [-0.25, -0.2) is 0 Å². The molecule has 2 aromatic carbocycles. The standard InChI is InChI=1S/C30H35N5O5/c31-28(37)19-4-6-20(7-5-19)33-14-10-21(11-15-33)40-22-12-16-34(17-13-22)25-3-1-2-23-24(25)18-35(30(23)39)26-8-9-27(36)32-29(26)38/h1-7,21-22,26H,8-18H2,(H2,31,37)(H,32,36,38). The number of imide groups is 1. The monoisotopic (exact) mass is 545 g/mol. The Kier molecular flexibility index (Phi) is 7.18. The maximum Gasteiger partial charge on any atom is 0.255 e. The summed E-state index contributed by atoms with van der Waals surface area (Å²) in [5.41, 5.74) is 9.64. The minimum Gasteiger partial charge on any atom is -0.375 e. The van der Waals surface area contributed by atoms with Crippen molar-refractivity contribution in [2.24, 2.45) is 5.73 Å². The van der Waals surface area contributed by atoms with E-state index in [1.807, 2.05) is 24.3 Å². The van der Waals surface area contributed by atoms with Crippen molar-refractivity contribution in [1.82, 2.24) is 10.2 Å². The average molecular weight is 546 g/mol. The Morgan fingerprint density at radius 3 is 2.12 bits per heavy atom. The van der Waals surface area contributed by atoms with Crippen LogP contribution >= 0.6 is 0 Å². The number of hydrogen-bond acceptors (Lipinski definition) is 7. The molecule has 4 heterocycles. The molecular formula is C30H35N5O5. The molecular weight excluding hydrogens is 510 g/mol. The molecule has 0 spiro atoms. The number of amides is 4. The first-order chi connectivity index (χ1) is 19.4. The lowest BCUT2D eigenvalue weighted by Crippen LogP contribution is -2.52. The number of fused-ring (bicyclic) bond motifs is 1. The van der Waals surface area contributed by atoms with Gasteiger partial charge in [0.1, 0.15) is 6.04 Å². The van der Waals surface area contributed by atoms with E-state index in [1.54, 1.807) is 17.0 Å². The number of nitrogens with two attached hydrogens (primary N) is 1. The van der Waals surface area contributed by atoms with Crippen LogP contribution in [0.4, 0.5) is 11.4 Å². The van der Waals surface area contributed by atoms with Crippen LogP contribution in [0.3, 0.4) is 0 Å². The van der Waals surface area contributed by atoms with Crippen LogP contribution in [0.5, 0.6) is 0 Å². The van der Waals surface area contributed by atoms with Crippen molar-refractivity contribution < 1.29 is 23.9 Å². The van der Waals surface area contributed by atoms with Gasteiger partial charge in [0.15, 0.2) is 0 Å². The van der Waals surface area contributed by atoms with E-state index in [1.165, 1.54) is 0 Å². The second-order valence-corrected chi connectivity index (χ2v) is 11.1. The van der Waals surface area contributed by atoms with Crippen molar-refractivity contribution in [3.05, 3.63) is 59.2 Å². The minimum absolute atomic E-state index is 0.139. The summed E-state index contributed by atoms with van der Waals surface area (Å²) in [5.74, 6) is -1.22. The van der Waals surface area contributed by atoms with E-state index in [9.17, 15) is 19.2 Å². The van der Waals surface area contributed by atoms with Crippen molar-refractivity contribution in [1.29, 1.82) is 0 Å². The molecule has 4 aliphatic heterocycles. The smallest absolute Gasteiger partial charge is 0.255 e. The van der Waals surface area contributed by atoms with Crippen LogP contribution in [0.15, 0.2) is 42.5 Å². The van der Waals surface area contributed by atoms with Crippen LogP contribution in [-0.4, -0.2) is 73.0 Å². The van der Waals surface area contributed by atoms with Crippen LogP contribution in [0.1, 0.15) is 64.8 Å². The fourth-order valence-corrected chi connectivity index (χ4v) is 6.46. The number of primary amides is 1. The lowest BCUT2D eigenvalue weighted by Gasteiger charge is -2.39. The molecule has 0 bridgehead atoms. The van der Waals surface area contributed by atoms with Gasteiger partial charge in [0.05, 0.1) is 12.2 Å². The Morgan fingerprint density at radius 2 is 1.50 bits per heavy atom. The van der Waals surface area contributed by atoms with E-state index >= 15 is 0 Å². The van der Waals surface area contributed by atoms with Crippen LogP contribution in [0.2, 0.25) is 0 Å². The highest BCUT2D eigenvalue weighted by Crippen LogP contribution is 2.36. The fourth-order valence-electron chi connectivity index (χ4n) is 6.46. The van der Waals surface area contributed by atoms with Gasteiger partial charge in [-0.2, -0.15) is 0 Å². The van der Waals surface area contributed by atoms with Crippen LogP contribution in [-0.2, 0) is 20.9 Å². The molecule has 3 N–H and O–H groups in total. The van der Waals surface area contributed by atoms with E-state index in [4.69, 9.17) is 10.5 Å². The number of rotatable bonds is 6. The number of benzene rings is 2. The van der Waals surface area contributed by atoms with Gasteiger partial charge in [0.2, 0.25) is 17.7 Å². The second-order valence-electron chi connectivity index (χ2n) is 11.1. The quantitative estimate of drug-likeness (QED) is 0.533. The van der Waals surface area contributed by atoms with Gasteiger partial charge in [0.25, 0.3) is 5.91 Å². The molecule has 0 aliphatic carbocycles. The highest BCUT2D eigenvalue weighted by atomic mass is 16.5. The summed E-state index contributed by atoms with van der Waals surface area (Å²) in [6.45, 7) is 3.90. The summed E-state index contributed by atoms with van der Waals surface area (Å²) < 4.78 is 6.53. The van der Waals surface area contributed by atoms with Gasteiger partial charge in [-0.3, -0.25) is 24.5 Å². The van der Waals surface area contributed by atoms with E-state index in [-0.39, 0.29) is 36.4 Å². The molecule has 4 aliphatic rings. The Balaban J connectivity index is 1.02. The van der Waals surface area contributed by atoms with Crippen molar-refractivity contribution in [3.8, 4) is 0 Å². The fraction of sp³-hybridized carbons (Fsp3) is 0.467. The Hall–Kier alpha value is -3.92. The van der Waals surface area contributed by atoms with E-state index < -0.39 is 11.9 Å². The zero-order valence-electron chi connectivity index (χ0n) is 22.5. The average Bonchev–Trinajstić information content (AvgIpc) is 3.30. The van der Waals surface area contributed by atoms with Gasteiger partial charge >= 0.3 is 0 Å². The predicted octanol–water partition coefficient (Wildman–Crippen LogP) is 2.20. The Morgan fingerprint density at radius 1 is 0.850 bits per heavy atom. The zero-order chi connectivity index (χ0) is 27.8. The number of ether oxygens (including phenoxy) is 1. The third kappa shape index (κ3) is 5.15. The van der Waals surface area contributed by atoms with E-state index in [0.29, 0.717) is 24.1 Å². The maximum atomic E-state index is 13.2. The van der Waals surface area contributed by atoms with Crippen molar-refractivity contribution >= 4 is 35.0 Å². The van der Waals surface area contributed by atoms with Crippen molar-refractivity contribution in [3.63, 3.8) is 0 Å². The molecule has 0 aromatic heterocycles. The van der Waals surface area contributed by atoms with Gasteiger partial charge < -0.3 is 25.2 Å².